The van der Waals surface area contributed by atoms with Gasteiger partial charge in [0.15, 0.2) is 0 Å². The van der Waals surface area contributed by atoms with E-state index in [9.17, 15) is 9.59 Å². The molecule has 3 aliphatic rings. The molecule has 0 aromatic heterocycles. The molecule has 0 radical (unpaired) electrons. The van der Waals surface area contributed by atoms with Crippen molar-refractivity contribution in [3.63, 3.8) is 0 Å². The van der Waals surface area contributed by atoms with Crippen molar-refractivity contribution in [2.24, 2.45) is 11.8 Å². The first kappa shape index (κ1) is 15.2. The van der Waals surface area contributed by atoms with Crippen molar-refractivity contribution in [2.45, 2.75) is 18.6 Å². The minimum absolute atomic E-state index is 0.121. The lowest BCUT2D eigenvalue weighted by Crippen LogP contribution is -2.40. The van der Waals surface area contributed by atoms with Gasteiger partial charge in [0, 0.05) is 0 Å². The lowest BCUT2D eigenvalue weighted by atomic mass is 9.77. The van der Waals surface area contributed by atoms with Crippen LogP contribution >= 0.6 is 0 Å². The van der Waals surface area contributed by atoms with Gasteiger partial charge in [-0.05, 0) is 19.1 Å². The number of amides is 1. The summed E-state index contributed by atoms with van der Waals surface area (Å²) < 4.78 is 16.6. The molecule has 1 spiro atoms. The molecule has 4 atom stereocenters. The van der Waals surface area contributed by atoms with Gasteiger partial charge in [-0.3, -0.25) is 9.59 Å². The quantitative estimate of drug-likeness (QED) is 0.619. The largest absolute Gasteiger partial charge is 0.495 e. The summed E-state index contributed by atoms with van der Waals surface area (Å²) in [5.41, 5.74) is -0.0585. The van der Waals surface area contributed by atoms with Crippen molar-refractivity contribution in [2.75, 3.05) is 25.2 Å². The van der Waals surface area contributed by atoms with E-state index in [1.54, 1.807) is 18.9 Å². The van der Waals surface area contributed by atoms with E-state index in [1.165, 1.54) is 0 Å². The highest BCUT2D eigenvalue weighted by Crippen LogP contribution is 2.53. The number of carbonyl (C=O) groups is 2. The lowest BCUT2D eigenvalue weighted by molar-refractivity contribution is -0.151. The number of ether oxygens (including phenoxy) is 3. The predicted octanol–water partition coefficient (Wildman–Crippen LogP) is 1.54. The topological polar surface area (TPSA) is 65.1 Å². The summed E-state index contributed by atoms with van der Waals surface area (Å²) in [5.74, 6) is -0.995. The molecule has 3 aliphatic heterocycles. The van der Waals surface area contributed by atoms with Crippen LogP contribution in [-0.2, 0) is 19.1 Å². The summed E-state index contributed by atoms with van der Waals surface area (Å²) in [6, 6.07) is 7.36. The van der Waals surface area contributed by atoms with Crippen molar-refractivity contribution in [3.05, 3.63) is 36.4 Å². The number of anilines is 1. The molecule has 126 valence electrons. The van der Waals surface area contributed by atoms with E-state index in [-0.39, 0.29) is 24.6 Å². The summed E-state index contributed by atoms with van der Waals surface area (Å²) in [6.07, 6.45) is 3.42. The molecule has 1 aromatic carbocycles. The molecule has 0 unspecified atom stereocenters. The van der Waals surface area contributed by atoms with Crippen LogP contribution < -0.4 is 9.64 Å². The molecule has 2 fully saturated rings. The number of rotatable bonds is 4. The van der Waals surface area contributed by atoms with Gasteiger partial charge in [0.05, 0.1) is 38.0 Å². The molecular weight excluding hydrogens is 310 g/mol. The Bertz CT molecular complexity index is 730. The highest BCUT2D eigenvalue weighted by molar-refractivity contribution is 6.03. The van der Waals surface area contributed by atoms with Crippen LogP contribution in [0.4, 0.5) is 5.69 Å². The average molecular weight is 329 g/mol. The number of hydrogen-bond donors (Lipinski definition) is 0. The molecule has 2 saturated heterocycles. The van der Waals surface area contributed by atoms with Crippen LogP contribution in [0.3, 0.4) is 0 Å². The fourth-order valence-electron chi connectivity index (χ4n) is 4.06. The molecule has 0 N–H and O–H groups in total. The van der Waals surface area contributed by atoms with Crippen LogP contribution in [0.15, 0.2) is 36.4 Å². The Morgan fingerprint density at radius 3 is 2.96 bits per heavy atom. The van der Waals surface area contributed by atoms with Crippen LogP contribution in [0.2, 0.25) is 0 Å². The zero-order valence-corrected chi connectivity index (χ0v) is 13.6. The maximum atomic E-state index is 13.1. The molecule has 6 nitrogen and oxygen atoms in total. The lowest BCUT2D eigenvalue weighted by Gasteiger charge is -2.22. The fourth-order valence-corrected chi connectivity index (χ4v) is 4.06. The molecule has 1 aromatic rings. The second-order valence-electron chi connectivity index (χ2n) is 6.25. The second-order valence-corrected chi connectivity index (χ2v) is 6.25. The van der Waals surface area contributed by atoms with E-state index in [0.717, 1.165) is 0 Å². The Hall–Kier alpha value is -2.34. The first-order valence-electron chi connectivity index (χ1n) is 8.09. The fraction of sp³-hybridized carbons (Fsp3) is 0.444. The van der Waals surface area contributed by atoms with Gasteiger partial charge in [0.25, 0.3) is 0 Å². The zero-order chi connectivity index (χ0) is 16.9. The van der Waals surface area contributed by atoms with Crippen LogP contribution in [0.25, 0.3) is 0 Å². The van der Waals surface area contributed by atoms with E-state index in [4.69, 9.17) is 14.2 Å². The number of hydrogen-bond acceptors (Lipinski definition) is 5. The van der Waals surface area contributed by atoms with E-state index >= 15 is 0 Å². The summed E-state index contributed by atoms with van der Waals surface area (Å²) >= 11 is 0. The molecule has 4 rings (SSSR count). The summed E-state index contributed by atoms with van der Waals surface area (Å²) in [7, 11) is 1.57. The Kier molecular flexibility index (Phi) is 3.38. The van der Waals surface area contributed by atoms with E-state index in [1.807, 2.05) is 36.4 Å². The van der Waals surface area contributed by atoms with Crippen LogP contribution in [0, 0.1) is 11.8 Å². The maximum absolute atomic E-state index is 13.1. The number of benzene rings is 1. The normalized spacial score (nSPS) is 33.0. The molecular formula is C18H19NO5. The SMILES string of the molecule is CCOC(=O)[C@@H]1[C@H]2C(=O)N(c3ccccc3OC)C[C@@]23C=C[C@H]1O3. The number of esters is 1. The zero-order valence-electron chi connectivity index (χ0n) is 13.6. The first-order chi connectivity index (χ1) is 11.6. The van der Waals surface area contributed by atoms with Crippen molar-refractivity contribution in [1.29, 1.82) is 0 Å². The number of nitrogens with zero attached hydrogens (tertiary/aromatic N) is 1. The van der Waals surface area contributed by atoms with Gasteiger partial charge in [0.1, 0.15) is 17.3 Å². The molecule has 2 bridgehead atoms. The standard InChI is InChI=1S/C18H19NO5/c1-3-23-17(21)14-13-8-9-18(24-13)10-19(16(20)15(14)18)11-6-4-5-7-12(11)22-2/h4-9,13-15H,3,10H2,1-2H3/t13-,14+,15+,18+/m1/s1. The van der Waals surface area contributed by atoms with Crippen molar-refractivity contribution >= 4 is 17.6 Å². The average Bonchev–Trinajstić information content (AvgIpc) is 3.23. The van der Waals surface area contributed by atoms with Crippen LogP contribution in [0.5, 0.6) is 5.75 Å². The van der Waals surface area contributed by atoms with Gasteiger partial charge in [-0.25, -0.2) is 0 Å². The minimum atomic E-state index is -0.750. The van der Waals surface area contributed by atoms with Crippen molar-refractivity contribution in [3.8, 4) is 5.75 Å². The number of para-hydroxylation sites is 2. The van der Waals surface area contributed by atoms with E-state index in [0.29, 0.717) is 18.0 Å². The molecule has 24 heavy (non-hydrogen) atoms. The molecule has 0 aliphatic carbocycles. The van der Waals surface area contributed by atoms with E-state index < -0.39 is 17.4 Å². The summed E-state index contributed by atoms with van der Waals surface area (Å²) in [6.45, 7) is 2.42. The van der Waals surface area contributed by atoms with Gasteiger partial charge in [-0.2, -0.15) is 0 Å². The molecule has 3 heterocycles. The van der Waals surface area contributed by atoms with Crippen LogP contribution in [-0.4, -0.2) is 43.8 Å². The highest BCUT2D eigenvalue weighted by atomic mass is 16.6. The third-order valence-electron chi connectivity index (χ3n) is 5.04. The Labute approximate surface area is 140 Å². The molecule has 6 heteroatoms. The van der Waals surface area contributed by atoms with E-state index in [2.05, 4.69) is 0 Å². The smallest absolute Gasteiger partial charge is 0.312 e. The van der Waals surface area contributed by atoms with Crippen molar-refractivity contribution < 1.29 is 23.8 Å². The van der Waals surface area contributed by atoms with Gasteiger partial charge in [-0.15, -0.1) is 0 Å². The summed E-state index contributed by atoms with van der Waals surface area (Å²) in [5, 5.41) is 0. The van der Waals surface area contributed by atoms with Gasteiger partial charge >= 0.3 is 5.97 Å². The first-order valence-corrected chi connectivity index (χ1v) is 8.09. The van der Waals surface area contributed by atoms with Gasteiger partial charge in [0.2, 0.25) is 5.91 Å². The predicted molar refractivity (Wildman–Crippen MR) is 85.7 cm³/mol. The number of fused-ring (bicyclic) bond motifs is 1. The number of methoxy groups -OCH3 is 1. The highest BCUT2D eigenvalue weighted by Gasteiger charge is 2.67. The number of carbonyl (C=O) groups excluding carboxylic acids is 2. The van der Waals surface area contributed by atoms with Crippen molar-refractivity contribution in [1.82, 2.24) is 0 Å². The molecule has 0 saturated carbocycles. The second kappa shape index (κ2) is 5.34. The Morgan fingerprint density at radius 1 is 1.42 bits per heavy atom. The van der Waals surface area contributed by atoms with Gasteiger partial charge in [-0.1, -0.05) is 24.3 Å². The van der Waals surface area contributed by atoms with Crippen LogP contribution in [0.1, 0.15) is 6.92 Å². The summed E-state index contributed by atoms with van der Waals surface area (Å²) in [4.78, 5) is 27.1. The minimum Gasteiger partial charge on any atom is -0.495 e. The molecule has 1 amide bonds. The third-order valence-corrected chi connectivity index (χ3v) is 5.04. The maximum Gasteiger partial charge on any atom is 0.312 e. The third kappa shape index (κ3) is 1.92. The Morgan fingerprint density at radius 2 is 2.21 bits per heavy atom. The van der Waals surface area contributed by atoms with Gasteiger partial charge < -0.3 is 19.1 Å². The monoisotopic (exact) mass is 329 g/mol. The Balaban J connectivity index is 1.71.